The van der Waals surface area contributed by atoms with Crippen molar-refractivity contribution in [2.75, 3.05) is 0 Å². The van der Waals surface area contributed by atoms with E-state index in [4.69, 9.17) is 11.6 Å². The molecule has 0 aliphatic heterocycles. The summed E-state index contributed by atoms with van der Waals surface area (Å²) in [5.41, 5.74) is 2.31. The molecule has 1 heterocycles. The van der Waals surface area contributed by atoms with Gasteiger partial charge in [0.05, 0.1) is 16.7 Å². The van der Waals surface area contributed by atoms with Crippen LogP contribution >= 0.6 is 27.5 Å². The normalized spacial score (nSPS) is 12.3. The first-order chi connectivity index (χ1) is 10.1. The lowest BCUT2D eigenvalue weighted by molar-refractivity contribution is 0.613. The summed E-state index contributed by atoms with van der Waals surface area (Å²) in [4.78, 5) is -0.298. The maximum absolute atomic E-state index is 13.9. The minimum Gasteiger partial charge on any atom is -0.241 e. The van der Waals surface area contributed by atoms with Crippen molar-refractivity contribution in [1.82, 2.24) is 9.78 Å². The zero-order chi connectivity index (χ0) is 14.8. The third kappa shape index (κ3) is 3.01. The summed E-state index contributed by atoms with van der Waals surface area (Å²) in [5, 5.41) is 4.82. The molecular formula is C16H11BrClFN2. The highest BCUT2D eigenvalue weighted by Gasteiger charge is 2.17. The van der Waals surface area contributed by atoms with Gasteiger partial charge in [-0.1, -0.05) is 45.7 Å². The average molecular weight is 366 g/mol. The Hall–Kier alpha value is -1.65. The fourth-order valence-corrected chi connectivity index (χ4v) is 2.85. The topological polar surface area (TPSA) is 17.8 Å². The molecule has 0 aliphatic carbocycles. The lowest BCUT2D eigenvalue weighted by Crippen LogP contribution is -1.96. The monoisotopic (exact) mass is 364 g/mol. The molecule has 2 nitrogen and oxygen atoms in total. The van der Waals surface area contributed by atoms with Crippen LogP contribution in [0.4, 0.5) is 4.39 Å². The summed E-state index contributed by atoms with van der Waals surface area (Å²) in [6.45, 7) is 0. The maximum atomic E-state index is 13.9. The van der Waals surface area contributed by atoms with E-state index in [9.17, 15) is 4.39 Å². The highest BCUT2D eigenvalue weighted by Crippen LogP contribution is 2.33. The zero-order valence-corrected chi connectivity index (χ0v) is 13.2. The molecule has 1 aromatic heterocycles. The molecule has 0 fully saturated rings. The van der Waals surface area contributed by atoms with E-state index < -0.39 is 0 Å². The van der Waals surface area contributed by atoms with Crippen molar-refractivity contribution in [3.63, 3.8) is 0 Å². The van der Waals surface area contributed by atoms with Crippen molar-refractivity contribution in [2.45, 2.75) is 4.83 Å². The van der Waals surface area contributed by atoms with Gasteiger partial charge in [0.15, 0.2) is 0 Å². The van der Waals surface area contributed by atoms with Crippen molar-refractivity contribution in [3.05, 3.63) is 82.9 Å². The molecule has 0 aliphatic rings. The largest absolute Gasteiger partial charge is 0.241 e. The van der Waals surface area contributed by atoms with Crippen LogP contribution in [-0.2, 0) is 0 Å². The van der Waals surface area contributed by atoms with Crippen LogP contribution < -0.4 is 0 Å². The number of alkyl halides is 1. The van der Waals surface area contributed by atoms with Crippen molar-refractivity contribution >= 4 is 27.5 Å². The van der Waals surface area contributed by atoms with Crippen LogP contribution in [0.5, 0.6) is 0 Å². The molecule has 0 saturated carbocycles. The molecule has 21 heavy (non-hydrogen) atoms. The molecule has 5 heteroatoms. The minimum absolute atomic E-state index is 0.297. The van der Waals surface area contributed by atoms with Crippen molar-refractivity contribution < 1.29 is 4.39 Å². The third-order valence-electron chi connectivity index (χ3n) is 3.15. The lowest BCUT2D eigenvalue weighted by Gasteiger charge is -2.09. The van der Waals surface area contributed by atoms with Crippen LogP contribution in [0, 0.1) is 5.82 Å². The number of halogens is 3. The predicted molar refractivity (Wildman–Crippen MR) is 85.7 cm³/mol. The molecule has 3 aromatic rings. The van der Waals surface area contributed by atoms with E-state index in [0.29, 0.717) is 10.6 Å². The molecule has 0 bridgehead atoms. The molecule has 0 radical (unpaired) electrons. The van der Waals surface area contributed by atoms with Crippen LogP contribution in [0.2, 0.25) is 5.02 Å². The zero-order valence-electron chi connectivity index (χ0n) is 10.9. The Morgan fingerprint density at radius 3 is 2.67 bits per heavy atom. The van der Waals surface area contributed by atoms with Gasteiger partial charge in [-0.3, -0.25) is 0 Å². The molecule has 106 valence electrons. The molecule has 1 atom stereocenters. The summed E-state index contributed by atoms with van der Waals surface area (Å²) in [6, 6.07) is 14.3. The van der Waals surface area contributed by atoms with Crippen molar-refractivity contribution in [3.8, 4) is 5.69 Å². The van der Waals surface area contributed by atoms with Gasteiger partial charge in [0.2, 0.25) is 0 Å². The Bertz CT molecular complexity index is 758. The van der Waals surface area contributed by atoms with Gasteiger partial charge in [-0.05, 0) is 30.3 Å². The molecule has 2 aromatic carbocycles. The first-order valence-electron chi connectivity index (χ1n) is 6.34. The first kappa shape index (κ1) is 14.3. The number of benzene rings is 2. The van der Waals surface area contributed by atoms with Crippen LogP contribution in [-0.4, -0.2) is 9.78 Å². The molecule has 1 unspecified atom stereocenters. The number of rotatable bonds is 3. The quantitative estimate of drug-likeness (QED) is 0.587. The van der Waals surface area contributed by atoms with Gasteiger partial charge in [-0.25, -0.2) is 9.07 Å². The van der Waals surface area contributed by atoms with E-state index in [1.807, 2.05) is 36.5 Å². The van der Waals surface area contributed by atoms with E-state index in [0.717, 1.165) is 11.3 Å². The van der Waals surface area contributed by atoms with Crippen LogP contribution in [0.15, 0.2) is 60.9 Å². The molecule has 0 amide bonds. The Morgan fingerprint density at radius 2 is 1.90 bits per heavy atom. The van der Waals surface area contributed by atoms with Crippen LogP contribution in [0.25, 0.3) is 5.69 Å². The van der Waals surface area contributed by atoms with Gasteiger partial charge >= 0.3 is 0 Å². The van der Waals surface area contributed by atoms with Crippen molar-refractivity contribution in [1.29, 1.82) is 0 Å². The van der Waals surface area contributed by atoms with E-state index in [2.05, 4.69) is 21.0 Å². The minimum atomic E-state index is -0.298. The Labute approximate surface area is 135 Å². The van der Waals surface area contributed by atoms with Crippen molar-refractivity contribution in [2.24, 2.45) is 0 Å². The second-order valence-electron chi connectivity index (χ2n) is 4.58. The highest BCUT2D eigenvalue weighted by atomic mass is 79.9. The number of hydrogen-bond acceptors (Lipinski definition) is 1. The van der Waals surface area contributed by atoms with Gasteiger partial charge < -0.3 is 0 Å². The Balaban J connectivity index is 1.94. The molecule has 0 saturated heterocycles. The van der Waals surface area contributed by atoms with Gasteiger partial charge in [-0.15, -0.1) is 0 Å². The average Bonchev–Trinajstić information content (AvgIpc) is 3.00. The first-order valence-corrected chi connectivity index (χ1v) is 7.63. The second-order valence-corrected chi connectivity index (χ2v) is 5.93. The maximum Gasteiger partial charge on any atom is 0.127 e. The third-order valence-corrected chi connectivity index (χ3v) is 4.40. The second kappa shape index (κ2) is 6.00. The standard InChI is InChI=1S/C16H11BrClFN2/c17-16(14-8-12(18)6-7-15(14)19)11-9-20-21(10-11)13-4-2-1-3-5-13/h1-10,16H. The van der Waals surface area contributed by atoms with E-state index >= 15 is 0 Å². The van der Waals surface area contributed by atoms with Crippen LogP contribution in [0.1, 0.15) is 16.0 Å². The smallest absolute Gasteiger partial charge is 0.127 e. The SMILES string of the molecule is Fc1ccc(Cl)cc1C(Br)c1cnn(-c2ccccc2)c1. The number of hydrogen-bond donors (Lipinski definition) is 0. The molecular weight excluding hydrogens is 355 g/mol. The summed E-state index contributed by atoms with van der Waals surface area (Å²) in [7, 11) is 0. The Morgan fingerprint density at radius 1 is 1.14 bits per heavy atom. The molecule has 0 N–H and O–H groups in total. The van der Waals surface area contributed by atoms with Crippen LogP contribution in [0.3, 0.4) is 0 Å². The number of para-hydroxylation sites is 1. The Kier molecular flexibility index (Phi) is 4.08. The summed E-state index contributed by atoms with van der Waals surface area (Å²) in [5.74, 6) is -0.297. The van der Waals surface area contributed by atoms with E-state index in [1.54, 1.807) is 16.9 Å². The van der Waals surface area contributed by atoms with Gasteiger partial charge in [-0.2, -0.15) is 5.10 Å². The lowest BCUT2D eigenvalue weighted by atomic mass is 10.1. The molecule has 0 spiro atoms. The van der Waals surface area contributed by atoms with Gasteiger partial charge in [0, 0.05) is 22.3 Å². The summed E-state index contributed by atoms with van der Waals surface area (Å²) >= 11 is 9.45. The molecule has 3 rings (SSSR count). The number of aromatic nitrogens is 2. The van der Waals surface area contributed by atoms with Gasteiger partial charge in [0.25, 0.3) is 0 Å². The fraction of sp³-hybridized carbons (Fsp3) is 0.0625. The predicted octanol–water partition coefficient (Wildman–Crippen LogP) is 5.15. The van der Waals surface area contributed by atoms with E-state index in [1.165, 1.54) is 12.1 Å². The van der Waals surface area contributed by atoms with E-state index in [-0.39, 0.29) is 10.6 Å². The number of nitrogens with zero attached hydrogens (tertiary/aromatic N) is 2. The fourth-order valence-electron chi connectivity index (χ4n) is 2.08. The summed E-state index contributed by atoms with van der Waals surface area (Å²) in [6.07, 6.45) is 3.59. The summed E-state index contributed by atoms with van der Waals surface area (Å²) < 4.78 is 15.7. The highest BCUT2D eigenvalue weighted by molar-refractivity contribution is 9.09. The van der Waals surface area contributed by atoms with Gasteiger partial charge in [0.1, 0.15) is 5.82 Å².